The minimum absolute atomic E-state index is 0.251. The van der Waals surface area contributed by atoms with Gasteiger partial charge < -0.3 is 19.6 Å². The predicted molar refractivity (Wildman–Crippen MR) is 45.8 cm³/mol. The van der Waals surface area contributed by atoms with Crippen LogP contribution in [0.25, 0.3) is 0 Å². The number of H-pyrrole nitrogens is 1. The van der Waals surface area contributed by atoms with Gasteiger partial charge in [-0.15, -0.1) is 0 Å². The van der Waals surface area contributed by atoms with E-state index in [1.165, 1.54) is 13.3 Å². The van der Waals surface area contributed by atoms with Gasteiger partial charge >= 0.3 is 5.95 Å². The predicted octanol–water partition coefficient (Wildman–Crippen LogP) is 0.0743. The molecule has 14 heavy (non-hydrogen) atoms. The molecule has 1 aromatic rings. The van der Waals surface area contributed by atoms with Crippen LogP contribution in [0.3, 0.4) is 0 Å². The first-order valence-electron chi connectivity index (χ1n) is 3.83. The molecule has 0 amide bonds. The van der Waals surface area contributed by atoms with Gasteiger partial charge in [-0.3, -0.25) is 0 Å². The molecule has 1 atom stereocenters. The highest BCUT2D eigenvalue weighted by Gasteiger charge is 2.15. The molecule has 1 N–H and O–H groups in total. The Kier molecular flexibility index (Phi) is 3.29. The Morgan fingerprint density at radius 3 is 3.00 bits per heavy atom. The number of methoxy groups -OCH3 is 1. The van der Waals surface area contributed by atoms with Crippen LogP contribution < -0.4 is 0 Å². The van der Waals surface area contributed by atoms with Crippen LogP contribution >= 0.6 is 0 Å². The van der Waals surface area contributed by atoms with Crippen molar-refractivity contribution >= 4 is 12.2 Å². The maximum Gasteiger partial charge on any atom is 0.432 e. The molecule has 0 saturated carbocycles. The smallest absolute Gasteiger partial charge is 0.390 e. The third kappa shape index (κ3) is 2.36. The van der Waals surface area contributed by atoms with E-state index in [0.717, 1.165) is 0 Å². The monoisotopic (exact) mass is 199 g/mol. The van der Waals surface area contributed by atoms with Crippen molar-refractivity contribution in [3.63, 3.8) is 0 Å². The van der Waals surface area contributed by atoms with E-state index in [1.807, 2.05) is 0 Å². The third-order valence-electron chi connectivity index (χ3n) is 1.66. The minimum Gasteiger partial charge on any atom is -0.390 e. The van der Waals surface area contributed by atoms with Crippen molar-refractivity contribution in [1.29, 1.82) is 0 Å². The van der Waals surface area contributed by atoms with Gasteiger partial charge in [0.25, 0.3) is 0 Å². The number of aromatic amines is 1. The highest BCUT2D eigenvalue weighted by Crippen LogP contribution is 2.07. The van der Waals surface area contributed by atoms with E-state index >= 15 is 0 Å². The first kappa shape index (κ1) is 10.3. The molecule has 1 rings (SSSR count). The summed E-state index contributed by atoms with van der Waals surface area (Å²) in [6.07, 6.45) is 1.59. The fourth-order valence-corrected chi connectivity index (χ4v) is 0.947. The van der Waals surface area contributed by atoms with Gasteiger partial charge in [0.2, 0.25) is 0 Å². The lowest BCUT2D eigenvalue weighted by Crippen LogP contribution is -2.15. The topological polar surface area (TPSA) is 98.1 Å². The zero-order valence-corrected chi connectivity index (χ0v) is 7.47. The number of carbonyl (C=O) groups excluding carboxylic acids is 1. The zero-order chi connectivity index (χ0) is 10.6. The summed E-state index contributed by atoms with van der Waals surface area (Å²) in [4.78, 5) is 26.0. The van der Waals surface area contributed by atoms with Gasteiger partial charge in [0, 0.05) is 13.5 Å². The molecule has 0 spiro atoms. The molecule has 7 heteroatoms. The van der Waals surface area contributed by atoms with E-state index < -0.39 is 11.0 Å². The summed E-state index contributed by atoms with van der Waals surface area (Å²) in [6.45, 7) is 0. The first-order valence-corrected chi connectivity index (χ1v) is 3.83. The van der Waals surface area contributed by atoms with Crippen LogP contribution in [-0.2, 0) is 16.0 Å². The number of ether oxygens (including phenoxy) is 1. The highest BCUT2D eigenvalue weighted by molar-refractivity contribution is 5.56. The molecule has 1 aromatic heterocycles. The summed E-state index contributed by atoms with van der Waals surface area (Å²) < 4.78 is 4.79. The average Bonchev–Trinajstić information content (AvgIpc) is 2.62. The van der Waals surface area contributed by atoms with Crippen molar-refractivity contribution < 1.29 is 14.5 Å². The van der Waals surface area contributed by atoms with Crippen molar-refractivity contribution in [1.82, 2.24) is 9.97 Å². The fourth-order valence-electron chi connectivity index (χ4n) is 0.947. The van der Waals surface area contributed by atoms with E-state index in [-0.39, 0.29) is 12.4 Å². The summed E-state index contributed by atoms with van der Waals surface area (Å²) in [5, 5.41) is 10.3. The van der Waals surface area contributed by atoms with Crippen LogP contribution in [0.2, 0.25) is 0 Å². The lowest BCUT2D eigenvalue weighted by Gasteiger charge is -2.03. The number of rotatable bonds is 5. The Hall–Kier alpha value is -1.76. The SMILES string of the molecule is COC(C=O)Cc1cnc([N+](=O)[O-])[nH]1. The maximum absolute atomic E-state index is 10.4. The number of aldehydes is 1. The van der Waals surface area contributed by atoms with Crippen LogP contribution in [0.4, 0.5) is 5.95 Å². The van der Waals surface area contributed by atoms with Gasteiger partial charge in [-0.25, -0.2) is 4.98 Å². The van der Waals surface area contributed by atoms with Gasteiger partial charge in [0.1, 0.15) is 24.3 Å². The second-order valence-electron chi connectivity index (χ2n) is 2.60. The number of hydrogen-bond donors (Lipinski definition) is 1. The van der Waals surface area contributed by atoms with Gasteiger partial charge in [-0.2, -0.15) is 0 Å². The number of nitro groups is 1. The molecule has 1 heterocycles. The van der Waals surface area contributed by atoms with Crippen LogP contribution in [0.15, 0.2) is 6.20 Å². The Labute approximate surface area is 79.2 Å². The summed E-state index contributed by atoms with van der Waals surface area (Å²) in [7, 11) is 1.39. The van der Waals surface area contributed by atoms with Crippen LogP contribution in [0, 0.1) is 10.1 Å². The van der Waals surface area contributed by atoms with E-state index in [9.17, 15) is 14.9 Å². The van der Waals surface area contributed by atoms with Crippen molar-refractivity contribution in [2.75, 3.05) is 7.11 Å². The van der Waals surface area contributed by atoms with E-state index in [4.69, 9.17) is 4.74 Å². The average molecular weight is 199 g/mol. The van der Waals surface area contributed by atoms with Crippen LogP contribution in [-0.4, -0.2) is 34.4 Å². The van der Waals surface area contributed by atoms with Gasteiger partial charge in [0.05, 0.1) is 0 Å². The second kappa shape index (κ2) is 4.47. The molecular weight excluding hydrogens is 190 g/mol. The van der Waals surface area contributed by atoms with Gasteiger partial charge in [0.15, 0.2) is 0 Å². The lowest BCUT2D eigenvalue weighted by atomic mass is 10.2. The molecule has 0 aliphatic rings. The van der Waals surface area contributed by atoms with E-state index in [1.54, 1.807) is 0 Å². The summed E-state index contributed by atoms with van der Waals surface area (Å²) in [6, 6.07) is 0. The van der Waals surface area contributed by atoms with Crippen molar-refractivity contribution in [3.05, 3.63) is 22.0 Å². The lowest BCUT2D eigenvalue weighted by molar-refractivity contribution is -0.393. The third-order valence-corrected chi connectivity index (χ3v) is 1.66. The van der Waals surface area contributed by atoms with E-state index in [2.05, 4.69) is 9.97 Å². The Balaban J connectivity index is 2.67. The summed E-state index contributed by atoms with van der Waals surface area (Å²) in [5.41, 5.74) is 0.496. The molecule has 0 radical (unpaired) electrons. The maximum atomic E-state index is 10.4. The zero-order valence-electron chi connectivity index (χ0n) is 7.47. The number of carbonyl (C=O) groups is 1. The molecule has 0 aromatic carbocycles. The normalized spacial score (nSPS) is 12.4. The molecule has 7 nitrogen and oxygen atoms in total. The van der Waals surface area contributed by atoms with Crippen molar-refractivity contribution in [2.24, 2.45) is 0 Å². The minimum atomic E-state index is -0.633. The Morgan fingerprint density at radius 1 is 1.86 bits per heavy atom. The molecule has 0 aliphatic carbocycles. The Bertz CT molecular complexity index is 335. The molecule has 0 fully saturated rings. The van der Waals surface area contributed by atoms with Gasteiger partial charge in [-0.05, 0) is 4.92 Å². The van der Waals surface area contributed by atoms with Crippen molar-refractivity contribution in [3.8, 4) is 0 Å². The first-order chi connectivity index (χ1) is 6.67. The number of nitrogens with one attached hydrogen (secondary N) is 1. The molecule has 76 valence electrons. The number of hydrogen-bond acceptors (Lipinski definition) is 5. The van der Waals surface area contributed by atoms with Crippen LogP contribution in [0.5, 0.6) is 0 Å². The van der Waals surface area contributed by atoms with Gasteiger partial charge in [-0.1, -0.05) is 4.98 Å². The molecular formula is C7H9N3O4. The fraction of sp³-hybridized carbons (Fsp3) is 0.429. The van der Waals surface area contributed by atoms with E-state index in [0.29, 0.717) is 12.0 Å². The quantitative estimate of drug-likeness (QED) is 0.411. The molecule has 0 aliphatic heterocycles. The number of imidazole rings is 1. The molecule has 0 saturated heterocycles. The molecule has 0 bridgehead atoms. The van der Waals surface area contributed by atoms with Crippen LogP contribution in [0.1, 0.15) is 5.69 Å². The second-order valence-corrected chi connectivity index (χ2v) is 2.60. The highest BCUT2D eigenvalue weighted by atomic mass is 16.6. The number of aromatic nitrogens is 2. The van der Waals surface area contributed by atoms with Crippen molar-refractivity contribution in [2.45, 2.75) is 12.5 Å². The molecule has 1 unspecified atom stereocenters. The Morgan fingerprint density at radius 2 is 2.57 bits per heavy atom. The largest absolute Gasteiger partial charge is 0.432 e. The summed E-state index contributed by atoms with van der Waals surface area (Å²) >= 11 is 0. The summed E-state index contributed by atoms with van der Waals surface area (Å²) in [5.74, 6) is -0.333. The number of nitrogens with zero attached hydrogens (tertiary/aromatic N) is 2. The standard InChI is InChI=1S/C7H9N3O4/c1-14-6(4-11)2-5-3-8-7(9-5)10(12)13/h3-4,6H,2H2,1H3,(H,8,9).